The normalized spacial score (nSPS) is 10.4. The van der Waals surface area contributed by atoms with Gasteiger partial charge < -0.3 is 5.11 Å². The molecule has 0 aliphatic rings. The molecule has 0 aromatic heterocycles. The monoisotopic (exact) mass is 244 g/mol. The Morgan fingerprint density at radius 1 is 1.06 bits per heavy atom. The van der Waals surface area contributed by atoms with Crippen LogP contribution in [0.3, 0.4) is 0 Å². The van der Waals surface area contributed by atoms with Crippen LogP contribution < -0.4 is 0 Å². The van der Waals surface area contributed by atoms with Gasteiger partial charge in [-0.05, 0) is 48.2 Å². The molecule has 2 nitrogen and oxygen atoms in total. The molecule has 0 radical (unpaired) electrons. The minimum atomic E-state index is -1.25. The van der Waals surface area contributed by atoms with E-state index < -0.39 is 11.8 Å². The van der Waals surface area contributed by atoms with E-state index in [1.165, 1.54) is 12.1 Å². The summed E-state index contributed by atoms with van der Waals surface area (Å²) in [5.74, 6) is -1.94. The van der Waals surface area contributed by atoms with Gasteiger partial charge >= 0.3 is 5.97 Å². The van der Waals surface area contributed by atoms with Gasteiger partial charge in [0.05, 0.1) is 5.56 Å². The molecule has 2 rings (SSSR count). The lowest BCUT2D eigenvalue weighted by molar-refractivity contribution is 0.0692. The van der Waals surface area contributed by atoms with Crippen molar-refractivity contribution < 1.29 is 14.3 Å². The van der Waals surface area contributed by atoms with Gasteiger partial charge in [-0.2, -0.15) is 0 Å². The summed E-state index contributed by atoms with van der Waals surface area (Å²) in [5.41, 5.74) is 3.15. The van der Waals surface area contributed by atoms with E-state index in [4.69, 9.17) is 5.11 Å². The molecule has 18 heavy (non-hydrogen) atoms. The van der Waals surface area contributed by atoms with E-state index in [1.54, 1.807) is 6.92 Å². The van der Waals surface area contributed by atoms with Gasteiger partial charge in [0.15, 0.2) is 0 Å². The molecule has 2 aromatic carbocycles. The van der Waals surface area contributed by atoms with E-state index in [2.05, 4.69) is 0 Å². The molecule has 1 N–H and O–H groups in total. The largest absolute Gasteiger partial charge is 0.478 e. The van der Waals surface area contributed by atoms with Crippen LogP contribution in [-0.4, -0.2) is 11.1 Å². The minimum Gasteiger partial charge on any atom is -0.478 e. The van der Waals surface area contributed by atoms with Crippen LogP contribution in [0.25, 0.3) is 11.1 Å². The van der Waals surface area contributed by atoms with Gasteiger partial charge in [-0.1, -0.05) is 24.3 Å². The van der Waals surface area contributed by atoms with Crippen molar-refractivity contribution in [1.82, 2.24) is 0 Å². The number of aryl methyl sites for hydroxylation is 2. The highest BCUT2D eigenvalue weighted by molar-refractivity contribution is 5.90. The van der Waals surface area contributed by atoms with Crippen LogP contribution in [0.2, 0.25) is 0 Å². The highest BCUT2D eigenvalue weighted by atomic mass is 19.1. The molecule has 3 heteroatoms. The third-order valence-corrected chi connectivity index (χ3v) is 2.98. The summed E-state index contributed by atoms with van der Waals surface area (Å²) in [6, 6.07) is 10.3. The molecule has 0 amide bonds. The number of carboxylic acids is 1. The van der Waals surface area contributed by atoms with Gasteiger partial charge in [0, 0.05) is 0 Å². The smallest absolute Gasteiger partial charge is 0.338 e. The van der Waals surface area contributed by atoms with Crippen molar-refractivity contribution in [1.29, 1.82) is 0 Å². The molecule has 92 valence electrons. The summed E-state index contributed by atoms with van der Waals surface area (Å²) in [6.07, 6.45) is 0. The van der Waals surface area contributed by atoms with E-state index in [-0.39, 0.29) is 5.56 Å². The van der Waals surface area contributed by atoms with E-state index in [0.29, 0.717) is 0 Å². The van der Waals surface area contributed by atoms with Crippen LogP contribution in [0.5, 0.6) is 0 Å². The van der Waals surface area contributed by atoms with E-state index in [9.17, 15) is 9.18 Å². The summed E-state index contributed by atoms with van der Waals surface area (Å²) in [6.45, 7) is 3.72. The fourth-order valence-corrected chi connectivity index (χ4v) is 2.00. The van der Waals surface area contributed by atoms with Crippen molar-refractivity contribution in [2.24, 2.45) is 0 Å². The predicted octanol–water partition coefficient (Wildman–Crippen LogP) is 3.81. The van der Waals surface area contributed by atoms with Crippen molar-refractivity contribution in [3.05, 3.63) is 58.9 Å². The van der Waals surface area contributed by atoms with E-state index >= 15 is 0 Å². The lowest BCUT2D eigenvalue weighted by Gasteiger charge is -2.11. The molecule has 0 saturated heterocycles. The van der Waals surface area contributed by atoms with Crippen molar-refractivity contribution in [3.8, 4) is 11.1 Å². The van der Waals surface area contributed by atoms with Crippen molar-refractivity contribution in [3.63, 3.8) is 0 Å². The molecule has 0 fully saturated rings. The SMILES string of the molecule is Cc1ccccc1-c1cc(C(=O)O)c(F)cc1C. The van der Waals surface area contributed by atoms with E-state index in [0.717, 1.165) is 22.3 Å². The zero-order valence-electron chi connectivity index (χ0n) is 10.2. The highest BCUT2D eigenvalue weighted by Crippen LogP contribution is 2.28. The number of carbonyl (C=O) groups is 1. The molecular weight excluding hydrogens is 231 g/mol. The molecule has 0 aliphatic heterocycles. The van der Waals surface area contributed by atoms with Crippen LogP contribution in [0.15, 0.2) is 36.4 Å². The molecular formula is C15H13FO2. The van der Waals surface area contributed by atoms with Crippen molar-refractivity contribution in [2.45, 2.75) is 13.8 Å². The highest BCUT2D eigenvalue weighted by Gasteiger charge is 2.14. The predicted molar refractivity (Wildman–Crippen MR) is 68.3 cm³/mol. The number of hydrogen-bond donors (Lipinski definition) is 1. The molecule has 0 spiro atoms. The average Bonchev–Trinajstić information content (AvgIpc) is 2.30. The Kier molecular flexibility index (Phi) is 3.15. The Morgan fingerprint density at radius 3 is 2.33 bits per heavy atom. The Hall–Kier alpha value is -2.16. The van der Waals surface area contributed by atoms with Crippen molar-refractivity contribution in [2.75, 3.05) is 0 Å². The standard InChI is InChI=1S/C15H13FO2/c1-9-5-3-4-6-11(9)12-8-13(15(17)18)14(16)7-10(12)2/h3-8H,1-2H3,(H,17,18). The fourth-order valence-electron chi connectivity index (χ4n) is 2.00. The first-order valence-electron chi connectivity index (χ1n) is 5.60. The minimum absolute atomic E-state index is 0.293. The number of halogens is 1. The third-order valence-electron chi connectivity index (χ3n) is 2.98. The topological polar surface area (TPSA) is 37.3 Å². The van der Waals surface area contributed by atoms with Crippen molar-refractivity contribution >= 4 is 5.97 Å². The summed E-state index contributed by atoms with van der Waals surface area (Å²) < 4.78 is 13.5. The maximum absolute atomic E-state index is 13.5. The van der Waals surface area contributed by atoms with E-state index in [1.807, 2.05) is 31.2 Å². The van der Waals surface area contributed by atoms with Gasteiger partial charge in [0.2, 0.25) is 0 Å². The molecule has 0 atom stereocenters. The summed E-state index contributed by atoms with van der Waals surface area (Å²) in [5, 5.41) is 8.96. The number of rotatable bonds is 2. The third kappa shape index (κ3) is 2.12. The van der Waals surface area contributed by atoms with Gasteiger partial charge in [0.1, 0.15) is 5.82 Å². The van der Waals surface area contributed by atoms with Crippen LogP contribution in [0, 0.1) is 19.7 Å². The fraction of sp³-hybridized carbons (Fsp3) is 0.133. The first-order chi connectivity index (χ1) is 8.50. The maximum atomic E-state index is 13.5. The average molecular weight is 244 g/mol. The Labute approximate surface area is 105 Å². The summed E-state index contributed by atoms with van der Waals surface area (Å²) >= 11 is 0. The zero-order valence-corrected chi connectivity index (χ0v) is 10.2. The number of carboxylic acid groups (broad SMARTS) is 1. The lowest BCUT2D eigenvalue weighted by Crippen LogP contribution is -2.02. The van der Waals surface area contributed by atoms with Crippen LogP contribution >= 0.6 is 0 Å². The molecule has 0 bridgehead atoms. The molecule has 0 heterocycles. The summed E-state index contributed by atoms with van der Waals surface area (Å²) in [4.78, 5) is 11.0. The second-order valence-corrected chi connectivity index (χ2v) is 4.27. The van der Waals surface area contributed by atoms with Gasteiger partial charge in [-0.3, -0.25) is 0 Å². The number of aromatic carboxylic acids is 1. The molecule has 0 unspecified atom stereocenters. The molecule has 0 aliphatic carbocycles. The first kappa shape index (κ1) is 12.3. The Bertz CT molecular complexity index is 618. The summed E-state index contributed by atoms with van der Waals surface area (Å²) in [7, 11) is 0. The lowest BCUT2D eigenvalue weighted by atomic mass is 9.94. The second-order valence-electron chi connectivity index (χ2n) is 4.27. The van der Waals surface area contributed by atoms with Crippen LogP contribution in [-0.2, 0) is 0 Å². The first-order valence-corrected chi connectivity index (χ1v) is 5.60. The Morgan fingerprint density at radius 2 is 1.72 bits per heavy atom. The maximum Gasteiger partial charge on any atom is 0.338 e. The van der Waals surface area contributed by atoms with Gasteiger partial charge in [-0.15, -0.1) is 0 Å². The van der Waals surface area contributed by atoms with Gasteiger partial charge in [0.25, 0.3) is 0 Å². The van der Waals surface area contributed by atoms with Gasteiger partial charge in [-0.25, -0.2) is 9.18 Å². The zero-order chi connectivity index (χ0) is 13.3. The molecule has 2 aromatic rings. The number of hydrogen-bond acceptors (Lipinski definition) is 1. The van der Waals surface area contributed by atoms with Crippen LogP contribution in [0.1, 0.15) is 21.5 Å². The second kappa shape index (κ2) is 4.61. The van der Waals surface area contributed by atoms with Crippen LogP contribution in [0.4, 0.5) is 4.39 Å². The number of benzene rings is 2. The molecule has 0 saturated carbocycles. The quantitative estimate of drug-likeness (QED) is 0.872. The Balaban J connectivity index is 2.69.